The number of β-amino-alcohol motifs (C(OH)–C–C–N with tert-alkyl or cyclic N) is 1. The van der Waals surface area contributed by atoms with E-state index >= 15 is 0 Å². The zero-order chi connectivity index (χ0) is 86.3. The lowest BCUT2D eigenvalue weighted by Gasteiger charge is -2.24. The second-order valence-electron chi connectivity index (χ2n) is 31.5. The van der Waals surface area contributed by atoms with Crippen molar-refractivity contribution in [2.45, 2.75) is 161 Å². The number of alkyl halides is 4. The smallest absolute Gasteiger partial charge is 0.410 e. The summed E-state index contributed by atoms with van der Waals surface area (Å²) in [5.41, 5.74) is 3.65. The number of halogens is 4. The number of hydrogen-bond acceptors (Lipinski definition) is 18. The van der Waals surface area contributed by atoms with Crippen molar-refractivity contribution in [2.75, 3.05) is 104 Å². The topological polar surface area (TPSA) is 212 Å². The van der Waals surface area contributed by atoms with Crippen molar-refractivity contribution in [3.05, 3.63) is 265 Å². The van der Waals surface area contributed by atoms with Crippen LogP contribution in [0.25, 0.3) is 0 Å². The number of aliphatic hydroxyl groups excluding tert-OH is 1. The highest BCUT2D eigenvalue weighted by Gasteiger charge is 2.32. The third-order valence-electron chi connectivity index (χ3n) is 18.9. The van der Waals surface area contributed by atoms with Crippen LogP contribution in [0, 0.1) is 0 Å². The van der Waals surface area contributed by atoms with E-state index in [0.29, 0.717) is 84.4 Å². The number of benzene rings is 9. The van der Waals surface area contributed by atoms with Gasteiger partial charge in [0.15, 0.2) is 0 Å². The molecule has 4 N–H and O–H groups in total. The first-order chi connectivity index (χ1) is 58.5. The summed E-state index contributed by atoms with van der Waals surface area (Å²) in [6.07, 6.45) is 6.02. The monoisotopic (exact) mass is 1730 g/mol. The van der Waals surface area contributed by atoms with Gasteiger partial charge < -0.3 is 77.8 Å². The van der Waals surface area contributed by atoms with Gasteiger partial charge in [0.25, 0.3) is 0 Å². The molecule has 9 aromatic rings. The lowest BCUT2D eigenvalue weighted by molar-refractivity contribution is 0.0263. The molecule has 0 aliphatic carbocycles. The number of ether oxygens (including phenoxy) is 10. The van der Waals surface area contributed by atoms with Crippen LogP contribution in [-0.2, 0) is 35.9 Å². The Balaban J connectivity index is 0.000000181. The van der Waals surface area contributed by atoms with Crippen LogP contribution in [0.4, 0.5) is 22.8 Å². The number of likely N-dealkylation sites (tertiary alicyclic amines) is 4. The molecule has 5 heterocycles. The molecule has 5 aliphatic heterocycles. The Kier molecular flexibility index (Phi) is 42.4. The quantitative estimate of drug-likeness (QED) is 0.0336. The summed E-state index contributed by atoms with van der Waals surface area (Å²) in [6.45, 7) is 22.2. The first-order valence-corrected chi connectivity index (χ1v) is 42.9. The summed E-state index contributed by atoms with van der Waals surface area (Å²) in [5, 5.41) is 31.5. The summed E-state index contributed by atoms with van der Waals surface area (Å²) in [6, 6.07) is 77.0. The summed E-state index contributed by atoms with van der Waals surface area (Å²) < 4.78 is 92.3. The van der Waals surface area contributed by atoms with Gasteiger partial charge in [0.05, 0.1) is 32.7 Å². The fourth-order valence-electron chi connectivity index (χ4n) is 12.7. The highest BCUT2D eigenvalue weighted by Crippen LogP contribution is 2.28. The molecule has 0 radical (unpaired) electrons. The van der Waals surface area contributed by atoms with Gasteiger partial charge in [0.1, 0.15) is 120 Å². The standard InChI is InChI=1S/C22H27NO4.C20H24FNO2.C17H19NO2.C13H18FNO2.C13H12O2.C9H17NO3.C3H6BrF/c1-22(2,3)27-21(24)23-14-13-20(15-23)26-19-11-9-18(10-12-19)25-16-17-7-5-4-6-8-17;21-12-4-13-22-14-11-20(15-22)24-19-9-7-18(8-10-19)23-16-17-5-2-1-3-6-17;1-2-4-14(5-3-1)13-19-15-6-8-16(9-7-15)20-17-10-11-18-12-17;14-7-1-8-15-9-6-13(10-15)17-12-4-2-11(16)3-5-12;14-12-6-8-13(9-7-12)15-10-11-4-2-1-3-5-11;1-9(2,3)13-8(12)10-5-4-7(11)6-10;4-2-1-3-5/h4-12,20H,13-16H2,1-3H3;1-3,5-10,20H,4,11-16H2;1-9,17-18H,10-13H2;2-5,13,16H,1,6-10H2;1-9,14H,10H2;7,11H,4-6H2,1-3H3;1-3H2/t2*20-;17-;13-;;7-;/m0000.1./s1. The number of nitrogens with zero attached hydrogens (tertiary/aromatic N) is 4. The lowest BCUT2D eigenvalue weighted by Crippen LogP contribution is -2.36. The summed E-state index contributed by atoms with van der Waals surface area (Å²) >= 11 is 3.07. The van der Waals surface area contributed by atoms with E-state index in [-0.39, 0.29) is 68.1 Å². The Morgan fingerprint density at radius 3 is 0.975 bits per heavy atom. The first-order valence-electron chi connectivity index (χ1n) is 41.8. The normalized spacial score (nSPS) is 17.2. The number of hydrogen-bond donors (Lipinski definition) is 4. The maximum Gasteiger partial charge on any atom is 0.410 e. The van der Waals surface area contributed by atoms with Crippen molar-refractivity contribution < 1.29 is 85.4 Å². The molecule has 5 fully saturated rings. The maximum atomic E-state index is 12.2. The average Bonchev–Trinajstić information content (AvgIpc) is 1.82. The van der Waals surface area contributed by atoms with Crippen molar-refractivity contribution in [2.24, 2.45) is 0 Å². The van der Waals surface area contributed by atoms with E-state index in [9.17, 15) is 27.9 Å². The second kappa shape index (κ2) is 53.4. The van der Waals surface area contributed by atoms with Crippen LogP contribution in [0.1, 0.15) is 115 Å². The van der Waals surface area contributed by atoms with E-state index in [2.05, 4.69) is 43.2 Å². The van der Waals surface area contributed by atoms with Crippen molar-refractivity contribution in [1.82, 2.24) is 24.9 Å². The van der Waals surface area contributed by atoms with Crippen LogP contribution in [0.5, 0.6) is 57.5 Å². The molecule has 0 spiro atoms. The molecule has 9 aromatic carbocycles. The summed E-state index contributed by atoms with van der Waals surface area (Å²) in [5.74, 6) is 7.08. The predicted molar refractivity (Wildman–Crippen MR) is 472 cm³/mol. The van der Waals surface area contributed by atoms with Gasteiger partial charge in [0, 0.05) is 77.2 Å². The molecule has 5 atom stereocenters. The Hall–Kier alpha value is -10.4. The molecule has 121 heavy (non-hydrogen) atoms. The van der Waals surface area contributed by atoms with Crippen LogP contribution < -0.4 is 43.2 Å². The Morgan fingerprint density at radius 1 is 0.380 bits per heavy atom. The van der Waals surface area contributed by atoms with Gasteiger partial charge in [-0.1, -0.05) is 137 Å². The van der Waals surface area contributed by atoms with Crippen molar-refractivity contribution >= 4 is 28.1 Å². The highest BCUT2D eigenvalue weighted by molar-refractivity contribution is 9.09. The van der Waals surface area contributed by atoms with Gasteiger partial charge in [-0.15, -0.1) is 0 Å². The van der Waals surface area contributed by atoms with Crippen LogP contribution in [0.2, 0.25) is 0 Å². The fourth-order valence-corrected chi connectivity index (χ4v) is 12.9. The van der Waals surface area contributed by atoms with E-state index in [0.717, 1.165) is 146 Å². The third-order valence-corrected chi connectivity index (χ3v) is 19.5. The fraction of sp³-hybridized carbons (Fsp3) is 0.423. The maximum absolute atomic E-state index is 12.2. The first kappa shape index (κ1) is 96.1. The predicted octanol–water partition coefficient (Wildman–Crippen LogP) is 19.6. The number of nitrogens with one attached hydrogen (secondary N) is 1. The molecular weight excluding hydrogens is 1610 g/mol. The van der Waals surface area contributed by atoms with Gasteiger partial charge in [-0.3, -0.25) is 23.0 Å². The minimum Gasteiger partial charge on any atom is -0.508 e. The van der Waals surface area contributed by atoms with E-state index in [1.807, 2.05) is 224 Å². The molecule has 20 nitrogen and oxygen atoms in total. The number of phenolic OH excluding ortho intramolecular Hbond substituents is 2. The van der Waals surface area contributed by atoms with Crippen LogP contribution in [-0.4, -0.2) is 193 Å². The molecule has 0 unspecified atom stereocenters. The minimum absolute atomic E-state index is 0.0198. The molecule has 654 valence electrons. The zero-order valence-electron chi connectivity index (χ0n) is 70.8. The van der Waals surface area contributed by atoms with Gasteiger partial charge in [-0.25, -0.2) is 9.59 Å². The van der Waals surface area contributed by atoms with Gasteiger partial charge >= 0.3 is 12.2 Å². The van der Waals surface area contributed by atoms with Gasteiger partial charge in [-0.05, 0) is 237 Å². The van der Waals surface area contributed by atoms with E-state index in [1.165, 1.54) is 10.5 Å². The molecule has 24 heteroatoms. The number of aromatic hydroxyl groups is 2. The van der Waals surface area contributed by atoms with Crippen LogP contribution in [0.15, 0.2) is 243 Å². The molecule has 0 bridgehead atoms. The highest BCUT2D eigenvalue weighted by atomic mass is 79.9. The second-order valence-corrected chi connectivity index (χ2v) is 32.3. The zero-order valence-corrected chi connectivity index (χ0v) is 72.4. The summed E-state index contributed by atoms with van der Waals surface area (Å²) in [4.78, 5) is 31.3. The average molecular weight is 1740 g/mol. The van der Waals surface area contributed by atoms with Crippen molar-refractivity contribution in [3.8, 4) is 57.5 Å². The number of amides is 2. The number of phenols is 2. The molecule has 5 saturated heterocycles. The Labute approximate surface area is 721 Å². The molecular formula is C97H123BrF3N5O15. The van der Waals surface area contributed by atoms with E-state index < -0.39 is 11.2 Å². The Bertz CT molecular complexity index is 4240. The SMILES string of the molecule is CC(C)(C)OC(=O)N1CC[C@@H](O)C1.CC(C)(C)OC(=O)N1CC[C@H](Oc2ccc(OCc3ccccc3)cc2)C1.FCCCBr.FCCCN1CC[C@H](Oc2ccc(OCc3ccccc3)cc2)C1.Oc1ccc(OCc2ccccc2)cc1.Oc1ccc(O[C@H]2CCN(CCCF)C2)cc1.c1ccc(COc2ccc(O[C@H]3CCNC3)cc2)cc1. The van der Waals surface area contributed by atoms with E-state index in [4.69, 9.17) is 57.6 Å². The van der Waals surface area contributed by atoms with Crippen LogP contribution >= 0.6 is 15.9 Å². The number of carbonyl (C=O) groups excluding carboxylic acids is 2. The Morgan fingerprint density at radius 2 is 0.678 bits per heavy atom. The van der Waals surface area contributed by atoms with E-state index in [1.54, 1.807) is 53.4 Å². The lowest BCUT2D eigenvalue weighted by atomic mass is 10.2. The van der Waals surface area contributed by atoms with Crippen molar-refractivity contribution in [3.63, 3.8) is 0 Å². The molecule has 0 saturated carbocycles. The number of rotatable bonds is 28. The summed E-state index contributed by atoms with van der Waals surface area (Å²) in [7, 11) is 0. The van der Waals surface area contributed by atoms with Gasteiger partial charge in [-0.2, -0.15) is 0 Å². The largest absolute Gasteiger partial charge is 0.508 e. The van der Waals surface area contributed by atoms with Crippen molar-refractivity contribution in [1.29, 1.82) is 0 Å². The van der Waals surface area contributed by atoms with Crippen LogP contribution in [0.3, 0.4) is 0 Å². The molecule has 0 aromatic heterocycles. The third kappa shape index (κ3) is 39.8. The minimum atomic E-state index is -0.481. The van der Waals surface area contributed by atoms with Gasteiger partial charge in [0.2, 0.25) is 0 Å². The molecule has 2 amide bonds. The number of aliphatic hydroxyl groups is 1. The molecule has 5 aliphatic rings. The molecule has 14 rings (SSSR count). The number of carbonyl (C=O) groups is 2.